The van der Waals surface area contributed by atoms with Gasteiger partial charge in [0, 0.05) is 0 Å². The third-order valence-electron chi connectivity index (χ3n) is 2.97. The number of aryl methyl sites for hydroxylation is 1. The van der Waals surface area contributed by atoms with Crippen molar-refractivity contribution >= 4 is 0 Å². The van der Waals surface area contributed by atoms with Gasteiger partial charge in [-0.2, -0.15) is 0 Å². The average Bonchev–Trinajstić information content (AvgIpc) is 2.46. The summed E-state index contributed by atoms with van der Waals surface area (Å²) in [4.78, 5) is 0. The molecule has 0 fully saturated rings. The van der Waals surface area contributed by atoms with Gasteiger partial charge < -0.3 is 14.6 Å². The second-order valence-electron chi connectivity index (χ2n) is 4.65. The Kier molecular flexibility index (Phi) is 5.02. The summed E-state index contributed by atoms with van der Waals surface area (Å²) in [5, 5.41) is 9.16. The SMILES string of the molecule is CCOc1cc(CO)ccc1OCc1cccc(C)c1. The molecule has 0 amide bonds. The molecule has 0 heterocycles. The van der Waals surface area contributed by atoms with Crippen LogP contribution in [0.3, 0.4) is 0 Å². The second-order valence-corrected chi connectivity index (χ2v) is 4.65. The Morgan fingerprint density at radius 1 is 0.950 bits per heavy atom. The van der Waals surface area contributed by atoms with Gasteiger partial charge in [0.25, 0.3) is 0 Å². The fourth-order valence-corrected chi connectivity index (χ4v) is 2.00. The Labute approximate surface area is 119 Å². The Morgan fingerprint density at radius 3 is 2.50 bits per heavy atom. The van der Waals surface area contributed by atoms with Crippen molar-refractivity contribution in [2.45, 2.75) is 27.1 Å². The van der Waals surface area contributed by atoms with Gasteiger partial charge in [0.1, 0.15) is 6.61 Å². The summed E-state index contributed by atoms with van der Waals surface area (Å²) < 4.78 is 11.4. The first-order chi connectivity index (χ1) is 9.72. The summed E-state index contributed by atoms with van der Waals surface area (Å²) >= 11 is 0. The van der Waals surface area contributed by atoms with Crippen LogP contribution in [0.15, 0.2) is 42.5 Å². The molecule has 0 spiro atoms. The van der Waals surface area contributed by atoms with E-state index in [0.29, 0.717) is 24.7 Å². The number of aliphatic hydroxyl groups is 1. The van der Waals surface area contributed by atoms with E-state index in [1.165, 1.54) is 5.56 Å². The minimum absolute atomic E-state index is 0.00175. The zero-order valence-corrected chi connectivity index (χ0v) is 11.9. The van der Waals surface area contributed by atoms with Crippen LogP contribution in [0.2, 0.25) is 0 Å². The van der Waals surface area contributed by atoms with Gasteiger partial charge >= 0.3 is 0 Å². The van der Waals surface area contributed by atoms with Gasteiger partial charge in [-0.25, -0.2) is 0 Å². The number of rotatable bonds is 6. The molecule has 0 unspecified atom stereocenters. The van der Waals surface area contributed by atoms with Crippen molar-refractivity contribution in [2.75, 3.05) is 6.61 Å². The van der Waals surface area contributed by atoms with Crippen molar-refractivity contribution in [3.8, 4) is 11.5 Å². The maximum Gasteiger partial charge on any atom is 0.161 e. The molecule has 0 radical (unpaired) electrons. The lowest BCUT2D eigenvalue weighted by atomic mass is 10.1. The molecule has 0 aliphatic carbocycles. The number of benzene rings is 2. The summed E-state index contributed by atoms with van der Waals surface area (Å²) in [6.45, 7) is 5.05. The molecule has 0 aliphatic heterocycles. The molecule has 0 aromatic heterocycles. The molecule has 20 heavy (non-hydrogen) atoms. The molecule has 0 saturated carbocycles. The lowest BCUT2D eigenvalue weighted by molar-refractivity contribution is 0.263. The number of ether oxygens (including phenoxy) is 2. The molecule has 2 rings (SSSR count). The Balaban J connectivity index is 2.12. The standard InChI is InChI=1S/C17H20O3/c1-3-19-17-10-14(11-18)7-8-16(17)20-12-15-6-4-5-13(2)9-15/h4-10,18H,3,11-12H2,1-2H3. The molecular formula is C17H20O3. The molecule has 2 aromatic rings. The molecular weight excluding hydrogens is 252 g/mol. The second kappa shape index (κ2) is 6.96. The van der Waals surface area contributed by atoms with Crippen molar-refractivity contribution < 1.29 is 14.6 Å². The van der Waals surface area contributed by atoms with Gasteiger partial charge in [-0.15, -0.1) is 0 Å². The Hall–Kier alpha value is -2.00. The van der Waals surface area contributed by atoms with Gasteiger partial charge in [-0.1, -0.05) is 35.9 Å². The highest BCUT2D eigenvalue weighted by Crippen LogP contribution is 2.29. The summed E-state index contributed by atoms with van der Waals surface area (Å²) in [6.07, 6.45) is 0. The third-order valence-corrected chi connectivity index (χ3v) is 2.97. The first-order valence-corrected chi connectivity index (χ1v) is 6.78. The Morgan fingerprint density at radius 2 is 1.80 bits per heavy atom. The summed E-state index contributed by atoms with van der Waals surface area (Å²) in [5.74, 6) is 1.37. The molecule has 0 aliphatic rings. The maximum absolute atomic E-state index is 9.16. The van der Waals surface area contributed by atoms with Crippen LogP contribution in [0.5, 0.6) is 11.5 Å². The van der Waals surface area contributed by atoms with Gasteiger partial charge in [0.2, 0.25) is 0 Å². The molecule has 0 atom stereocenters. The largest absolute Gasteiger partial charge is 0.490 e. The average molecular weight is 272 g/mol. The van der Waals surface area contributed by atoms with E-state index in [4.69, 9.17) is 14.6 Å². The van der Waals surface area contributed by atoms with Gasteiger partial charge in [0.05, 0.1) is 13.2 Å². The number of hydrogen-bond acceptors (Lipinski definition) is 3. The van der Waals surface area contributed by atoms with Crippen LogP contribution in [0.4, 0.5) is 0 Å². The predicted octanol–water partition coefficient (Wildman–Crippen LogP) is 3.47. The monoisotopic (exact) mass is 272 g/mol. The molecule has 0 bridgehead atoms. The van der Waals surface area contributed by atoms with E-state index in [-0.39, 0.29) is 6.61 Å². The van der Waals surface area contributed by atoms with Crippen molar-refractivity contribution in [2.24, 2.45) is 0 Å². The topological polar surface area (TPSA) is 38.7 Å². The van der Waals surface area contributed by atoms with Crippen molar-refractivity contribution in [3.63, 3.8) is 0 Å². The van der Waals surface area contributed by atoms with Gasteiger partial charge in [0.15, 0.2) is 11.5 Å². The van der Waals surface area contributed by atoms with E-state index in [1.807, 2.05) is 37.3 Å². The van der Waals surface area contributed by atoms with Crippen LogP contribution in [0.25, 0.3) is 0 Å². The van der Waals surface area contributed by atoms with E-state index in [9.17, 15) is 0 Å². The lowest BCUT2D eigenvalue weighted by Gasteiger charge is -2.13. The quantitative estimate of drug-likeness (QED) is 0.875. The minimum Gasteiger partial charge on any atom is -0.490 e. The highest BCUT2D eigenvalue weighted by Gasteiger charge is 2.06. The van der Waals surface area contributed by atoms with Crippen LogP contribution in [-0.2, 0) is 13.2 Å². The van der Waals surface area contributed by atoms with Crippen molar-refractivity contribution in [1.29, 1.82) is 0 Å². The zero-order valence-electron chi connectivity index (χ0n) is 11.9. The predicted molar refractivity (Wildman–Crippen MR) is 79.0 cm³/mol. The Bertz CT molecular complexity index is 564. The summed E-state index contributed by atoms with van der Waals surface area (Å²) in [7, 11) is 0. The van der Waals surface area contributed by atoms with E-state index >= 15 is 0 Å². The highest BCUT2D eigenvalue weighted by molar-refractivity contribution is 5.43. The van der Waals surface area contributed by atoms with Crippen molar-refractivity contribution in [3.05, 3.63) is 59.2 Å². The van der Waals surface area contributed by atoms with Crippen LogP contribution < -0.4 is 9.47 Å². The van der Waals surface area contributed by atoms with Gasteiger partial charge in [-0.05, 0) is 37.1 Å². The smallest absolute Gasteiger partial charge is 0.161 e. The lowest BCUT2D eigenvalue weighted by Crippen LogP contribution is -2.00. The van der Waals surface area contributed by atoms with Crippen LogP contribution >= 0.6 is 0 Å². The summed E-state index contributed by atoms with van der Waals surface area (Å²) in [6, 6.07) is 13.7. The highest BCUT2D eigenvalue weighted by atomic mass is 16.5. The first kappa shape index (κ1) is 14.4. The molecule has 3 heteroatoms. The van der Waals surface area contributed by atoms with E-state index < -0.39 is 0 Å². The van der Waals surface area contributed by atoms with E-state index in [0.717, 1.165) is 11.1 Å². The number of aliphatic hydroxyl groups excluding tert-OH is 1. The van der Waals surface area contributed by atoms with Crippen LogP contribution in [0.1, 0.15) is 23.6 Å². The fourth-order valence-electron chi connectivity index (χ4n) is 2.00. The summed E-state index contributed by atoms with van der Waals surface area (Å²) in [5.41, 5.74) is 3.15. The van der Waals surface area contributed by atoms with E-state index in [2.05, 4.69) is 19.1 Å². The molecule has 1 N–H and O–H groups in total. The fraction of sp³-hybridized carbons (Fsp3) is 0.294. The zero-order chi connectivity index (χ0) is 14.4. The van der Waals surface area contributed by atoms with Crippen LogP contribution in [0, 0.1) is 6.92 Å². The first-order valence-electron chi connectivity index (χ1n) is 6.78. The minimum atomic E-state index is -0.00175. The third kappa shape index (κ3) is 3.75. The normalized spacial score (nSPS) is 10.3. The molecule has 3 nitrogen and oxygen atoms in total. The maximum atomic E-state index is 9.16. The van der Waals surface area contributed by atoms with Crippen LogP contribution in [-0.4, -0.2) is 11.7 Å². The molecule has 106 valence electrons. The van der Waals surface area contributed by atoms with Gasteiger partial charge in [-0.3, -0.25) is 0 Å². The van der Waals surface area contributed by atoms with Crippen molar-refractivity contribution in [1.82, 2.24) is 0 Å². The molecule has 2 aromatic carbocycles. The molecule has 0 saturated heterocycles. The van der Waals surface area contributed by atoms with E-state index in [1.54, 1.807) is 0 Å². The number of hydrogen-bond donors (Lipinski definition) is 1.